The van der Waals surface area contributed by atoms with Gasteiger partial charge in [0.25, 0.3) is 0 Å². The first-order valence-corrected chi connectivity index (χ1v) is 11.9. The largest absolute Gasteiger partial charge is 0.245 e. The molecule has 0 bridgehead atoms. The van der Waals surface area contributed by atoms with E-state index in [1.54, 1.807) is 6.20 Å². The second-order valence-electron chi connectivity index (χ2n) is 8.84. The molecule has 2 heterocycles. The second-order valence-corrected chi connectivity index (χ2v) is 8.84. The van der Waals surface area contributed by atoms with E-state index in [4.69, 9.17) is 9.97 Å². The number of aromatic nitrogens is 4. The molecule has 0 aliphatic heterocycles. The lowest BCUT2D eigenvalue weighted by atomic mass is 9.98. The van der Waals surface area contributed by atoms with E-state index in [1.165, 1.54) is 38.6 Å². The van der Waals surface area contributed by atoms with Crippen molar-refractivity contribution in [1.82, 2.24) is 19.9 Å². The van der Waals surface area contributed by atoms with E-state index in [-0.39, 0.29) is 0 Å². The number of benzene rings is 5. The zero-order valence-corrected chi connectivity index (χ0v) is 19.3. The van der Waals surface area contributed by atoms with Gasteiger partial charge in [0.05, 0.1) is 11.4 Å². The van der Waals surface area contributed by atoms with Crippen LogP contribution in [0.4, 0.5) is 0 Å². The van der Waals surface area contributed by atoms with E-state index in [2.05, 4.69) is 113 Å². The van der Waals surface area contributed by atoms with Gasteiger partial charge in [0.15, 0.2) is 5.82 Å². The quantitative estimate of drug-likeness (QED) is 0.253. The van der Waals surface area contributed by atoms with Crippen LogP contribution in [0.25, 0.3) is 66.4 Å². The molecule has 4 heteroatoms. The fourth-order valence-corrected chi connectivity index (χ4v) is 4.80. The number of fused-ring (bicyclic) bond motifs is 4. The standard InChI is InChI=1S/C32H20N4/c1-2-7-23-17-25(12-9-21(23)5-1)30-19-31(36-32(35-30)29-15-16-33-20-34-29)26-13-14-28-24(18-26)11-10-22-6-3-4-8-27(22)28/h1-20H. The van der Waals surface area contributed by atoms with Gasteiger partial charge in [-0.1, -0.05) is 84.9 Å². The van der Waals surface area contributed by atoms with E-state index < -0.39 is 0 Å². The Bertz CT molecular complexity index is 1890. The molecule has 0 fully saturated rings. The number of hydrogen-bond acceptors (Lipinski definition) is 4. The van der Waals surface area contributed by atoms with Crippen molar-refractivity contribution in [2.45, 2.75) is 0 Å². The van der Waals surface area contributed by atoms with Crippen LogP contribution in [-0.2, 0) is 0 Å². The van der Waals surface area contributed by atoms with Gasteiger partial charge in [-0.3, -0.25) is 0 Å². The van der Waals surface area contributed by atoms with E-state index in [1.807, 2.05) is 6.07 Å². The maximum Gasteiger partial charge on any atom is 0.179 e. The van der Waals surface area contributed by atoms with Crippen LogP contribution in [0.5, 0.6) is 0 Å². The molecule has 0 atom stereocenters. The summed E-state index contributed by atoms with van der Waals surface area (Å²) in [5, 5.41) is 7.29. The second kappa shape index (κ2) is 8.36. The Morgan fingerprint density at radius 3 is 1.89 bits per heavy atom. The zero-order valence-electron chi connectivity index (χ0n) is 19.3. The van der Waals surface area contributed by atoms with Crippen LogP contribution < -0.4 is 0 Å². The van der Waals surface area contributed by atoms with Crippen LogP contribution in [0.1, 0.15) is 0 Å². The number of rotatable bonds is 3. The third kappa shape index (κ3) is 3.56. The molecular formula is C32H20N4. The highest BCUT2D eigenvalue weighted by atomic mass is 14.9. The summed E-state index contributed by atoms with van der Waals surface area (Å²) in [6.07, 6.45) is 3.25. The Morgan fingerprint density at radius 1 is 0.444 bits per heavy atom. The molecule has 0 amide bonds. The van der Waals surface area contributed by atoms with Crippen molar-refractivity contribution >= 4 is 32.3 Å². The summed E-state index contributed by atoms with van der Waals surface area (Å²) < 4.78 is 0. The molecule has 7 aromatic rings. The highest BCUT2D eigenvalue weighted by Crippen LogP contribution is 2.32. The first-order chi connectivity index (χ1) is 17.8. The van der Waals surface area contributed by atoms with Gasteiger partial charge in [0.2, 0.25) is 0 Å². The molecule has 0 aliphatic rings. The zero-order chi connectivity index (χ0) is 23.9. The molecule has 0 saturated heterocycles. The minimum atomic E-state index is 0.580. The molecule has 7 rings (SSSR count). The molecule has 0 aliphatic carbocycles. The maximum absolute atomic E-state index is 4.93. The van der Waals surface area contributed by atoms with Crippen molar-refractivity contribution in [3.05, 3.63) is 122 Å². The van der Waals surface area contributed by atoms with E-state index in [9.17, 15) is 0 Å². The van der Waals surface area contributed by atoms with Gasteiger partial charge < -0.3 is 0 Å². The Labute approximate surface area is 208 Å². The first-order valence-electron chi connectivity index (χ1n) is 11.9. The first kappa shape index (κ1) is 20.4. The molecule has 2 aromatic heterocycles. The lowest BCUT2D eigenvalue weighted by molar-refractivity contribution is 1.11. The van der Waals surface area contributed by atoms with Gasteiger partial charge in [-0.15, -0.1) is 0 Å². The van der Waals surface area contributed by atoms with Crippen molar-refractivity contribution in [3.8, 4) is 34.0 Å². The van der Waals surface area contributed by atoms with Gasteiger partial charge in [0.1, 0.15) is 12.0 Å². The molecule has 0 unspecified atom stereocenters. The van der Waals surface area contributed by atoms with Gasteiger partial charge in [0, 0.05) is 17.3 Å². The summed E-state index contributed by atoms with van der Waals surface area (Å²) in [6.45, 7) is 0. The van der Waals surface area contributed by atoms with E-state index in [0.29, 0.717) is 11.5 Å². The summed E-state index contributed by atoms with van der Waals surface area (Å²) >= 11 is 0. The minimum absolute atomic E-state index is 0.580. The lowest BCUT2D eigenvalue weighted by Crippen LogP contribution is -1.97. The normalized spacial score (nSPS) is 11.3. The monoisotopic (exact) mass is 460 g/mol. The van der Waals surface area contributed by atoms with Crippen molar-refractivity contribution in [2.24, 2.45) is 0 Å². The smallest absolute Gasteiger partial charge is 0.179 e. The highest BCUT2D eigenvalue weighted by Gasteiger charge is 2.13. The Kier molecular flexibility index (Phi) is 4.74. The molecule has 0 N–H and O–H groups in total. The molecule has 0 saturated carbocycles. The average Bonchev–Trinajstić information content (AvgIpc) is 2.96. The third-order valence-electron chi connectivity index (χ3n) is 6.62. The summed E-state index contributed by atoms with van der Waals surface area (Å²) in [4.78, 5) is 18.3. The Hall–Kier alpha value is -4.96. The fraction of sp³-hybridized carbons (Fsp3) is 0. The van der Waals surface area contributed by atoms with Crippen molar-refractivity contribution in [1.29, 1.82) is 0 Å². The Balaban J connectivity index is 1.43. The number of hydrogen-bond donors (Lipinski definition) is 0. The molecule has 0 spiro atoms. The lowest BCUT2D eigenvalue weighted by Gasteiger charge is -2.11. The number of nitrogens with zero attached hydrogens (tertiary/aromatic N) is 4. The predicted molar refractivity (Wildman–Crippen MR) is 146 cm³/mol. The van der Waals surface area contributed by atoms with Crippen LogP contribution in [0.3, 0.4) is 0 Å². The van der Waals surface area contributed by atoms with Gasteiger partial charge in [-0.25, -0.2) is 19.9 Å². The molecular weight excluding hydrogens is 440 g/mol. The summed E-state index contributed by atoms with van der Waals surface area (Å²) in [7, 11) is 0. The van der Waals surface area contributed by atoms with Crippen LogP contribution in [0.15, 0.2) is 122 Å². The topological polar surface area (TPSA) is 51.6 Å². The van der Waals surface area contributed by atoms with Crippen molar-refractivity contribution < 1.29 is 0 Å². The summed E-state index contributed by atoms with van der Waals surface area (Å²) in [5.41, 5.74) is 4.49. The highest BCUT2D eigenvalue weighted by molar-refractivity contribution is 6.08. The molecule has 36 heavy (non-hydrogen) atoms. The van der Waals surface area contributed by atoms with Crippen LogP contribution in [0.2, 0.25) is 0 Å². The van der Waals surface area contributed by atoms with E-state index >= 15 is 0 Å². The summed E-state index contributed by atoms with van der Waals surface area (Å²) in [5.74, 6) is 0.580. The molecule has 168 valence electrons. The van der Waals surface area contributed by atoms with Crippen LogP contribution >= 0.6 is 0 Å². The third-order valence-corrected chi connectivity index (χ3v) is 6.62. The molecule has 4 nitrogen and oxygen atoms in total. The van der Waals surface area contributed by atoms with Gasteiger partial charge in [-0.05, 0) is 56.6 Å². The fourth-order valence-electron chi connectivity index (χ4n) is 4.80. The Morgan fingerprint density at radius 2 is 1.08 bits per heavy atom. The van der Waals surface area contributed by atoms with Gasteiger partial charge in [-0.2, -0.15) is 0 Å². The molecule has 5 aromatic carbocycles. The van der Waals surface area contributed by atoms with E-state index in [0.717, 1.165) is 22.5 Å². The summed E-state index contributed by atoms with van der Waals surface area (Å²) in [6, 6.07) is 38.1. The van der Waals surface area contributed by atoms with Crippen molar-refractivity contribution in [2.75, 3.05) is 0 Å². The molecule has 0 radical (unpaired) electrons. The maximum atomic E-state index is 4.93. The average molecular weight is 461 g/mol. The SMILES string of the molecule is c1ccc2cc(-c3cc(-c4ccc5c(ccc6ccccc65)c4)nc(-c4ccncn4)n3)ccc2c1. The van der Waals surface area contributed by atoms with Crippen molar-refractivity contribution in [3.63, 3.8) is 0 Å². The minimum Gasteiger partial charge on any atom is -0.245 e. The van der Waals surface area contributed by atoms with Gasteiger partial charge >= 0.3 is 0 Å². The van der Waals surface area contributed by atoms with Crippen LogP contribution in [-0.4, -0.2) is 19.9 Å². The predicted octanol–water partition coefficient (Wildman–Crippen LogP) is 7.73. The van der Waals surface area contributed by atoms with Crippen LogP contribution in [0, 0.1) is 0 Å².